The van der Waals surface area contributed by atoms with Gasteiger partial charge in [-0.2, -0.15) is 0 Å². The Hall–Kier alpha value is -3.15. The summed E-state index contributed by atoms with van der Waals surface area (Å²) in [6, 6.07) is 0. The molecule has 0 aromatic carbocycles. The predicted molar refractivity (Wildman–Crippen MR) is 344 cm³/mol. The van der Waals surface area contributed by atoms with Crippen LogP contribution in [0.25, 0.3) is 0 Å². The minimum atomic E-state index is -0.780. The van der Waals surface area contributed by atoms with E-state index < -0.39 is 6.10 Å². The molecule has 6 heteroatoms. The molecule has 0 aromatic rings. The van der Waals surface area contributed by atoms with Crippen LogP contribution < -0.4 is 0 Å². The summed E-state index contributed by atoms with van der Waals surface area (Å²) >= 11 is 0. The maximum Gasteiger partial charge on any atom is 0.306 e. The van der Waals surface area contributed by atoms with Crippen LogP contribution in [0.3, 0.4) is 0 Å². The molecule has 0 rings (SSSR count). The highest BCUT2D eigenvalue weighted by Crippen LogP contribution is 2.18. The SMILES string of the molecule is CC/C=C\C/C=C\C/C=C\C/C=C\C/C=C\C/C=C\CCCCCCCCC(=O)OCC(COC(=O)CCCCCCCCCCCCCCCCCCC)OC(=O)CCCCCCCCCCCCCCCCCCCCC. The van der Waals surface area contributed by atoms with Crippen molar-refractivity contribution in [3.8, 4) is 0 Å². The van der Waals surface area contributed by atoms with Gasteiger partial charge in [0, 0.05) is 19.3 Å². The van der Waals surface area contributed by atoms with Crippen molar-refractivity contribution in [3.63, 3.8) is 0 Å². The molecule has 0 radical (unpaired) electrons. The molecule has 1 atom stereocenters. The maximum atomic E-state index is 13.0. The fraction of sp³-hybridized carbons (Fsp3) is 0.795. The quantitative estimate of drug-likeness (QED) is 0.0261. The van der Waals surface area contributed by atoms with Gasteiger partial charge in [-0.15, -0.1) is 0 Å². The number of hydrogen-bond acceptors (Lipinski definition) is 6. The first-order valence-electron chi connectivity index (χ1n) is 34.4. The summed E-state index contributed by atoms with van der Waals surface area (Å²) < 4.78 is 17.0. The summed E-state index contributed by atoms with van der Waals surface area (Å²) in [5, 5.41) is 0. The zero-order chi connectivity index (χ0) is 57.1. The molecular formula is C73H130O6. The van der Waals surface area contributed by atoms with Gasteiger partial charge in [-0.1, -0.05) is 338 Å². The van der Waals surface area contributed by atoms with Gasteiger partial charge in [-0.3, -0.25) is 14.4 Å². The lowest BCUT2D eigenvalue weighted by Gasteiger charge is -2.18. The second kappa shape index (κ2) is 67.4. The summed E-state index contributed by atoms with van der Waals surface area (Å²) in [7, 11) is 0. The van der Waals surface area contributed by atoms with Gasteiger partial charge >= 0.3 is 17.9 Å². The molecule has 0 N–H and O–H groups in total. The Morgan fingerprint density at radius 2 is 0.494 bits per heavy atom. The van der Waals surface area contributed by atoms with Gasteiger partial charge in [-0.25, -0.2) is 0 Å². The lowest BCUT2D eigenvalue weighted by molar-refractivity contribution is -0.167. The Morgan fingerprint density at radius 1 is 0.266 bits per heavy atom. The van der Waals surface area contributed by atoms with Gasteiger partial charge < -0.3 is 14.2 Å². The van der Waals surface area contributed by atoms with Gasteiger partial charge in [0.1, 0.15) is 13.2 Å². The number of esters is 3. The third kappa shape index (κ3) is 65.5. The average Bonchev–Trinajstić information content (AvgIpc) is 3.45. The second-order valence-electron chi connectivity index (χ2n) is 23.1. The van der Waals surface area contributed by atoms with Crippen LogP contribution in [-0.4, -0.2) is 37.2 Å². The van der Waals surface area contributed by atoms with E-state index in [2.05, 4.69) is 93.7 Å². The monoisotopic (exact) mass is 1100 g/mol. The first-order chi connectivity index (χ1) is 39.0. The summed E-state index contributed by atoms with van der Waals surface area (Å²) in [6.45, 7) is 6.58. The molecule has 6 nitrogen and oxygen atoms in total. The average molecular weight is 1100 g/mol. The fourth-order valence-electron chi connectivity index (χ4n) is 10.1. The van der Waals surface area contributed by atoms with Crippen molar-refractivity contribution >= 4 is 17.9 Å². The van der Waals surface area contributed by atoms with Crippen molar-refractivity contribution in [3.05, 3.63) is 72.9 Å². The molecule has 458 valence electrons. The number of carbonyl (C=O) groups excluding carboxylic acids is 3. The second-order valence-corrected chi connectivity index (χ2v) is 23.1. The van der Waals surface area contributed by atoms with Crippen LogP contribution in [0.1, 0.15) is 355 Å². The van der Waals surface area contributed by atoms with Crippen LogP contribution in [0.15, 0.2) is 72.9 Å². The lowest BCUT2D eigenvalue weighted by Crippen LogP contribution is -2.30. The molecular weight excluding hydrogens is 973 g/mol. The summed E-state index contributed by atoms with van der Waals surface area (Å²) in [5.74, 6) is -0.866. The molecule has 79 heavy (non-hydrogen) atoms. The number of unbranched alkanes of at least 4 members (excludes halogenated alkanes) is 40. The number of allylic oxidation sites excluding steroid dienone is 12. The molecule has 0 bridgehead atoms. The Kier molecular flexibility index (Phi) is 64.7. The van der Waals surface area contributed by atoms with Crippen LogP contribution in [0.4, 0.5) is 0 Å². The minimum absolute atomic E-state index is 0.0748. The molecule has 0 fully saturated rings. The van der Waals surface area contributed by atoms with E-state index in [0.29, 0.717) is 19.3 Å². The van der Waals surface area contributed by atoms with Gasteiger partial charge in [-0.05, 0) is 70.6 Å². The first kappa shape index (κ1) is 75.8. The van der Waals surface area contributed by atoms with Crippen molar-refractivity contribution in [2.75, 3.05) is 13.2 Å². The van der Waals surface area contributed by atoms with Crippen LogP contribution in [0.5, 0.6) is 0 Å². The molecule has 0 saturated carbocycles. The maximum absolute atomic E-state index is 13.0. The Balaban J connectivity index is 4.36. The third-order valence-electron chi connectivity index (χ3n) is 15.2. The number of hydrogen-bond donors (Lipinski definition) is 0. The number of ether oxygens (including phenoxy) is 3. The normalized spacial score (nSPS) is 12.5. The van der Waals surface area contributed by atoms with E-state index in [0.717, 1.165) is 103 Å². The largest absolute Gasteiger partial charge is 0.462 e. The highest BCUT2D eigenvalue weighted by molar-refractivity contribution is 5.71. The lowest BCUT2D eigenvalue weighted by atomic mass is 10.0. The highest BCUT2D eigenvalue weighted by Gasteiger charge is 2.19. The van der Waals surface area contributed by atoms with Gasteiger partial charge in [0.2, 0.25) is 0 Å². The van der Waals surface area contributed by atoms with Gasteiger partial charge in [0.25, 0.3) is 0 Å². The smallest absolute Gasteiger partial charge is 0.306 e. The van der Waals surface area contributed by atoms with E-state index >= 15 is 0 Å². The third-order valence-corrected chi connectivity index (χ3v) is 15.2. The van der Waals surface area contributed by atoms with Crippen molar-refractivity contribution in [2.24, 2.45) is 0 Å². The molecule has 0 aliphatic carbocycles. The summed E-state index contributed by atoms with van der Waals surface area (Å²) in [4.78, 5) is 38.4. The summed E-state index contributed by atoms with van der Waals surface area (Å²) in [5.41, 5.74) is 0. The molecule has 0 aliphatic heterocycles. The molecule has 0 heterocycles. The standard InChI is InChI=1S/C73H130O6/c1-4-7-10-13-16-19-22-25-28-31-33-34-35-36-37-38-40-42-45-48-51-54-57-60-63-66-72(75)78-69-70(68-77-71(74)65-62-59-56-53-50-47-44-41-30-27-24-21-18-15-12-9-6-3)79-73(76)67-64-61-58-55-52-49-46-43-39-32-29-26-23-20-17-14-11-8-5-2/h7,10,16,19,25,28,33-34,36-37,40,42,70H,4-6,8-9,11-15,17-18,20-24,26-27,29-32,35,38-39,41,43-69H2,1-3H3/b10-7-,19-16-,28-25-,34-33-,37-36-,42-40-. The minimum Gasteiger partial charge on any atom is -0.462 e. The van der Waals surface area contributed by atoms with E-state index in [1.54, 1.807) is 0 Å². The number of carbonyl (C=O) groups is 3. The first-order valence-corrected chi connectivity index (χ1v) is 34.4. The number of rotatable bonds is 63. The molecule has 0 amide bonds. The van der Waals surface area contributed by atoms with Crippen molar-refractivity contribution in [1.29, 1.82) is 0 Å². The van der Waals surface area contributed by atoms with Crippen LogP contribution >= 0.6 is 0 Å². The molecule has 0 spiro atoms. The van der Waals surface area contributed by atoms with Crippen molar-refractivity contribution in [1.82, 2.24) is 0 Å². The molecule has 0 saturated heterocycles. The Labute approximate surface area is 491 Å². The fourth-order valence-corrected chi connectivity index (χ4v) is 10.1. The van der Waals surface area contributed by atoms with Crippen LogP contribution in [0.2, 0.25) is 0 Å². The molecule has 0 aliphatic rings. The van der Waals surface area contributed by atoms with Gasteiger partial charge in [0.15, 0.2) is 6.10 Å². The van der Waals surface area contributed by atoms with Crippen LogP contribution in [0, 0.1) is 0 Å². The molecule has 0 aromatic heterocycles. The van der Waals surface area contributed by atoms with Crippen molar-refractivity contribution in [2.45, 2.75) is 361 Å². The zero-order valence-electron chi connectivity index (χ0n) is 52.6. The predicted octanol–water partition coefficient (Wildman–Crippen LogP) is 23.7. The Bertz CT molecular complexity index is 1450. The van der Waals surface area contributed by atoms with E-state index in [-0.39, 0.29) is 31.1 Å². The van der Waals surface area contributed by atoms with Gasteiger partial charge in [0.05, 0.1) is 0 Å². The van der Waals surface area contributed by atoms with E-state index in [1.165, 1.54) is 212 Å². The van der Waals surface area contributed by atoms with Crippen LogP contribution in [-0.2, 0) is 28.6 Å². The van der Waals surface area contributed by atoms with E-state index in [1.807, 2.05) is 0 Å². The Morgan fingerprint density at radius 3 is 0.772 bits per heavy atom. The zero-order valence-corrected chi connectivity index (χ0v) is 52.6. The summed E-state index contributed by atoms with van der Waals surface area (Å²) in [6.07, 6.45) is 87.7. The highest BCUT2D eigenvalue weighted by atomic mass is 16.6. The topological polar surface area (TPSA) is 78.9 Å². The molecule has 1 unspecified atom stereocenters. The van der Waals surface area contributed by atoms with Crippen molar-refractivity contribution < 1.29 is 28.6 Å². The van der Waals surface area contributed by atoms with E-state index in [4.69, 9.17) is 14.2 Å². The van der Waals surface area contributed by atoms with E-state index in [9.17, 15) is 14.4 Å².